The van der Waals surface area contributed by atoms with E-state index in [0.29, 0.717) is 5.92 Å². The predicted octanol–water partition coefficient (Wildman–Crippen LogP) is 0.0995. The lowest BCUT2D eigenvalue weighted by Crippen LogP contribution is -2.55. The second-order valence-corrected chi connectivity index (χ2v) is 4.28. The fourth-order valence-electron chi connectivity index (χ4n) is 2.73. The molecule has 3 rings (SSSR count). The van der Waals surface area contributed by atoms with Gasteiger partial charge in [0.1, 0.15) is 12.2 Å². The van der Waals surface area contributed by atoms with E-state index in [4.69, 9.17) is 14.2 Å². The topological polar surface area (TPSA) is 47.9 Å². The molecule has 0 amide bonds. The molecule has 3 aliphatic rings. The number of aliphatic hydroxyl groups is 1. The molecule has 0 aromatic heterocycles. The molecular weight excluding hydrogens is 172 g/mol. The Balaban J connectivity index is 1.97. The standard InChI is InChI=1S/C9H14O4/c1-3-5-4(2)7-9(12-5)13-8(10)6(3)11-7/h3-10H,1-2H3/t3-,4+,5?,6+,7-,8-,9-/m1/s1. The van der Waals surface area contributed by atoms with Crippen LogP contribution in [-0.2, 0) is 14.2 Å². The Morgan fingerprint density at radius 3 is 2.31 bits per heavy atom. The largest absolute Gasteiger partial charge is 0.366 e. The normalized spacial score (nSPS) is 64.4. The van der Waals surface area contributed by atoms with Crippen molar-refractivity contribution in [3.63, 3.8) is 0 Å². The summed E-state index contributed by atoms with van der Waals surface area (Å²) in [5, 5.41) is 9.55. The number of hydrogen-bond acceptors (Lipinski definition) is 4. The van der Waals surface area contributed by atoms with Gasteiger partial charge in [-0.1, -0.05) is 13.8 Å². The third-order valence-corrected chi connectivity index (χ3v) is 3.50. The van der Waals surface area contributed by atoms with Gasteiger partial charge >= 0.3 is 0 Å². The molecule has 0 aromatic rings. The summed E-state index contributed by atoms with van der Waals surface area (Å²) in [7, 11) is 0. The van der Waals surface area contributed by atoms with E-state index in [0.717, 1.165) is 0 Å². The maximum absolute atomic E-state index is 9.55. The summed E-state index contributed by atoms with van der Waals surface area (Å²) in [6.07, 6.45) is -1.16. The van der Waals surface area contributed by atoms with Crippen LogP contribution < -0.4 is 0 Å². The lowest BCUT2D eigenvalue weighted by Gasteiger charge is -2.42. The quantitative estimate of drug-likeness (QED) is 0.583. The van der Waals surface area contributed by atoms with Crippen LogP contribution in [0.3, 0.4) is 0 Å². The van der Waals surface area contributed by atoms with Gasteiger partial charge in [-0.05, 0) is 0 Å². The van der Waals surface area contributed by atoms with Crippen LogP contribution in [0.4, 0.5) is 0 Å². The van der Waals surface area contributed by atoms with E-state index in [1.54, 1.807) is 0 Å². The monoisotopic (exact) mass is 186 g/mol. The van der Waals surface area contributed by atoms with Gasteiger partial charge in [-0.2, -0.15) is 0 Å². The zero-order valence-electron chi connectivity index (χ0n) is 7.71. The molecule has 0 aromatic carbocycles. The van der Waals surface area contributed by atoms with Gasteiger partial charge in [-0.3, -0.25) is 0 Å². The minimum absolute atomic E-state index is 0.0228. The molecule has 0 spiro atoms. The van der Waals surface area contributed by atoms with Gasteiger partial charge in [-0.25, -0.2) is 0 Å². The van der Waals surface area contributed by atoms with Gasteiger partial charge < -0.3 is 19.3 Å². The second-order valence-electron chi connectivity index (χ2n) is 4.28. The Labute approximate surface area is 76.8 Å². The van der Waals surface area contributed by atoms with Crippen molar-refractivity contribution in [2.45, 2.75) is 44.7 Å². The zero-order chi connectivity index (χ0) is 9.16. The molecule has 3 bridgehead atoms. The fraction of sp³-hybridized carbons (Fsp3) is 1.00. The van der Waals surface area contributed by atoms with E-state index in [9.17, 15) is 5.11 Å². The minimum Gasteiger partial charge on any atom is -0.366 e. The van der Waals surface area contributed by atoms with E-state index < -0.39 is 6.29 Å². The average Bonchev–Trinajstić information content (AvgIpc) is 2.25. The van der Waals surface area contributed by atoms with Crippen molar-refractivity contribution in [3.05, 3.63) is 0 Å². The molecule has 1 N–H and O–H groups in total. The van der Waals surface area contributed by atoms with Crippen molar-refractivity contribution in [1.29, 1.82) is 0 Å². The van der Waals surface area contributed by atoms with Gasteiger partial charge in [0.05, 0.1) is 6.10 Å². The Kier molecular flexibility index (Phi) is 1.54. The van der Waals surface area contributed by atoms with E-state index in [-0.39, 0.29) is 30.5 Å². The Hall–Kier alpha value is -0.160. The highest BCUT2D eigenvalue weighted by Crippen LogP contribution is 2.46. The van der Waals surface area contributed by atoms with E-state index in [1.807, 2.05) is 6.92 Å². The Morgan fingerprint density at radius 2 is 1.54 bits per heavy atom. The molecule has 4 nitrogen and oxygen atoms in total. The number of ether oxygens (including phenoxy) is 3. The molecule has 3 heterocycles. The van der Waals surface area contributed by atoms with E-state index in [2.05, 4.69) is 6.92 Å². The first-order valence-corrected chi connectivity index (χ1v) is 4.83. The van der Waals surface area contributed by atoms with Crippen molar-refractivity contribution < 1.29 is 19.3 Å². The first kappa shape index (κ1) is 8.17. The first-order valence-electron chi connectivity index (χ1n) is 4.83. The number of aliphatic hydroxyl groups excluding tert-OH is 1. The highest BCUT2D eigenvalue weighted by atomic mass is 16.8. The maximum Gasteiger partial charge on any atom is 0.187 e. The zero-order valence-corrected chi connectivity index (χ0v) is 7.71. The van der Waals surface area contributed by atoms with Crippen LogP contribution in [0, 0.1) is 11.8 Å². The smallest absolute Gasteiger partial charge is 0.187 e. The molecule has 3 fully saturated rings. The van der Waals surface area contributed by atoms with Gasteiger partial charge in [0.2, 0.25) is 0 Å². The number of fused-ring (bicyclic) bond motifs is 2. The lowest BCUT2D eigenvalue weighted by atomic mass is 9.83. The lowest BCUT2D eigenvalue weighted by molar-refractivity contribution is -0.318. The molecule has 4 heteroatoms. The maximum atomic E-state index is 9.55. The van der Waals surface area contributed by atoms with Gasteiger partial charge in [0.25, 0.3) is 0 Å². The SMILES string of the molecule is C[C@@H]1C2O[C@@H]3O[C@@H](O)[C@H]1O[C@@H]3[C@H]2C. The molecule has 3 saturated heterocycles. The van der Waals surface area contributed by atoms with Crippen LogP contribution in [0.15, 0.2) is 0 Å². The summed E-state index contributed by atoms with van der Waals surface area (Å²) in [5.41, 5.74) is 0. The summed E-state index contributed by atoms with van der Waals surface area (Å²) < 4.78 is 16.7. The molecule has 3 aliphatic heterocycles. The van der Waals surface area contributed by atoms with Gasteiger partial charge in [0.15, 0.2) is 12.6 Å². The molecular formula is C9H14O4. The van der Waals surface area contributed by atoms with E-state index >= 15 is 0 Å². The van der Waals surface area contributed by atoms with Crippen molar-refractivity contribution in [2.24, 2.45) is 11.8 Å². The van der Waals surface area contributed by atoms with Crippen LogP contribution in [0.25, 0.3) is 0 Å². The molecule has 74 valence electrons. The van der Waals surface area contributed by atoms with Crippen molar-refractivity contribution in [2.75, 3.05) is 0 Å². The molecule has 0 saturated carbocycles. The minimum atomic E-state index is -0.811. The highest BCUT2D eigenvalue weighted by Gasteiger charge is 2.58. The molecule has 13 heavy (non-hydrogen) atoms. The van der Waals surface area contributed by atoms with Crippen LogP contribution >= 0.6 is 0 Å². The highest BCUT2D eigenvalue weighted by molar-refractivity contribution is 4.99. The molecule has 7 atom stereocenters. The van der Waals surface area contributed by atoms with Gasteiger partial charge in [-0.15, -0.1) is 0 Å². The average molecular weight is 186 g/mol. The van der Waals surface area contributed by atoms with Crippen LogP contribution in [0.1, 0.15) is 13.8 Å². The van der Waals surface area contributed by atoms with Gasteiger partial charge in [0, 0.05) is 11.8 Å². The second kappa shape index (κ2) is 2.45. The van der Waals surface area contributed by atoms with Crippen LogP contribution in [-0.4, -0.2) is 36.0 Å². The summed E-state index contributed by atoms with van der Waals surface area (Å²) in [4.78, 5) is 0. The van der Waals surface area contributed by atoms with E-state index in [1.165, 1.54) is 0 Å². The van der Waals surface area contributed by atoms with Crippen LogP contribution in [0.5, 0.6) is 0 Å². The van der Waals surface area contributed by atoms with Crippen molar-refractivity contribution in [3.8, 4) is 0 Å². The number of rotatable bonds is 0. The van der Waals surface area contributed by atoms with Crippen LogP contribution in [0.2, 0.25) is 0 Å². The van der Waals surface area contributed by atoms with Crippen molar-refractivity contribution in [1.82, 2.24) is 0 Å². The Bertz CT molecular complexity index is 230. The predicted molar refractivity (Wildman–Crippen MR) is 42.7 cm³/mol. The van der Waals surface area contributed by atoms with Crippen molar-refractivity contribution >= 4 is 0 Å². The summed E-state index contributed by atoms with van der Waals surface area (Å²) in [6, 6.07) is 0. The molecule has 0 aliphatic carbocycles. The first-order chi connectivity index (χ1) is 6.18. The molecule has 0 radical (unpaired) electrons. The summed E-state index contributed by atoms with van der Waals surface area (Å²) in [5.74, 6) is 0.595. The fourth-order valence-corrected chi connectivity index (χ4v) is 2.73. The third kappa shape index (κ3) is 0.892. The Morgan fingerprint density at radius 1 is 0.846 bits per heavy atom. The molecule has 1 unspecified atom stereocenters. The third-order valence-electron chi connectivity index (χ3n) is 3.50. The summed E-state index contributed by atoms with van der Waals surface area (Å²) in [6.45, 7) is 4.16. The number of hydrogen-bond donors (Lipinski definition) is 1. The summed E-state index contributed by atoms with van der Waals surface area (Å²) >= 11 is 0.